The summed E-state index contributed by atoms with van der Waals surface area (Å²) in [5.41, 5.74) is 0.644. The van der Waals surface area contributed by atoms with Gasteiger partial charge in [-0.15, -0.1) is 0 Å². The van der Waals surface area contributed by atoms with Crippen LogP contribution in [0.1, 0.15) is 5.56 Å². The summed E-state index contributed by atoms with van der Waals surface area (Å²) in [4.78, 5) is 0. The van der Waals surface area contributed by atoms with Gasteiger partial charge in [0.15, 0.2) is 0 Å². The minimum atomic E-state index is -0.709. The van der Waals surface area contributed by atoms with Crippen LogP contribution in [0.5, 0.6) is 5.75 Å². The van der Waals surface area contributed by atoms with Crippen LogP contribution in [0.15, 0.2) is 36.4 Å². The zero-order chi connectivity index (χ0) is 12.4. The molecule has 2 aromatic rings. The minimum absolute atomic E-state index is 0.0474. The van der Waals surface area contributed by atoms with Crippen LogP contribution < -0.4 is 0 Å². The third-order valence-corrected chi connectivity index (χ3v) is 2.36. The van der Waals surface area contributed by atoms with Gasteiger partial charge in [0.05, 0.1) is 5.56 Å². The van der Waals surface area contributed by atoms with Crippen LogP contribution in [0.4, 0.5) is 8.78 Å². The van der Waals surface area contributed by atoms with E-state index >= 15 is 0 Å². The molecule has 0 unspecified atom stereocenters. The van der Waals surface area contributed by atoms with Crippen molar-refractivity contribution in [1.82, 2.24) is 0 Å². The molecule has 0 aliphatic carbocycles. The molecule has 4 heteroatoms. The number of hydrogen-bond donors (Lipinski definition) is 1. The Kier molecular flexibility index (Phi) is 2.75. The molecule has 2 aromatic carbocycles. The van der Waals surface area contributed by atoms with Gasteiger partial charge in [0.25, 0.3) is 0 Å². The van der Waals surface area contributed by atoms with Gasteiger partial charge in [-0.1, -0.05) is 6.07 Å². The number of phenols is 1. The highest BCUT2D eigenvalue weighted by atomic mass is 19.1. The normalized spacial score (nSPS) is 9.94. The Balaban J connectivity index is 2.58. The fraction of sp³-hybridized carbons (Fsp3) is 0. The minimum Gasteiger partial charge on any atom is -0.507 e. The molecule has 0 saturated heterocycles. The highest BCUT2D eigenvalue weighted by Gasteiger charge is 2.08. The van der Waals surface area contributed by atoms with Crippen molar-refractivity contribution < 1.29 is 13.9 Å². The lowest BCUT2D eigenvalue weighted by Crippen LogP contribution is -1.87. The van der Waals surface area contributed by atoms with Gasteiger partial charge in [-0.05, 0) is 29.8 Å². The van der Waals surface area contributed by atoms with E-state index in [-0.39, 0.29) is 16.9 Å². The average Bonchev–Trinajstić information content (AvgIpc) is 2.30. The van der Waals surface area contributed by atoms with E-state index in [2.05, 4.69) is 0 Å². The Labute approximate surface area is 96.4 Å². The van der Waals surface area contributed by atoms with E-state index in [1.54, 1.807) is 6.07 Å². The summed E-state index contributed by atoms with van der Waals surface area (Å²) >= 11 is 0. The van der Waals surface area contributed by atoms with E-state index in [0.717, 1.165) is 12.1 Å². The van der Waals surface area contributed by atoms with Crippen molar-refractivity contribution in [2.24, 2.45) is 0 Å². The SMILES string of the molecule is N#Cc1cc(-c2ccc(F)cc2F)ccc1O. The standard InChI is InChI=1S/C13H7F2NO/c14-10-2-3-11(12(15)6-10)8-1-4-13(17)9(5-8)7-16/h1-6,17H. The van der Waals surface area contributed by atoms with Crippen molar-refractivity contribution in [3.63, 3.8) is 0 Å². The summed E-state index contributed by atoms with van der Waals surface area (Å²) in [6.07, 6.45) is 0. The van der Waals surface area contributed by atoms with Crippen molar-refractivity contribution in [2.45, 2.75) is 0 Å². The molecule has 1 N–H and O–H groups in total. The predicted molar refractivity (Wildman–Crippen MR) is 58.2 cm³/mol. The predicted octanol–water partition coefficient (Wildman–Crippen LogP) is 3.21. The van der Waals surface area contributed by atoms with E-state index in [1.807, 2.05) is 0 Å². The summed E-state index contributed by atoms with van der Waals surface area (Å²) < 4.78 is 26.2. The van der Waals surface area contributed by atoms with Gasteiger partial charge in [0, 0.05) is 11.6 Å². The lowest BCUT2D eigenvalue weighted by molar-refractivity contribution is 0.473. The van der Waals surface area contributed by atoms with Gasteiger partial charge in [-0.2, -0.15) is 5.26 Å². The number of phenolic OH excluding ortho intramolecular Hbond substituents is 1. The van der Waals surface area contributed by atoms with Crippen molar-refractivity contribution in [2.75, 3.05) is 0 Å². The first kappa shape index (κ1) is 11.1. The third kappa shape index (κ3) is 2.08. The van der Waals surface area contributed by atoms with E-state index in [1.165, 1.54) is 24.3 Å². The Morgan fingerprint density at radius 3 is 2.47 bits per heavy atom. The van der Waals surface area contributed by atoms with E-state index < -0.39 is 11.6 Å². The number of rotatable bonds is 1. The quantitative estimate of drug-likeness (QED) is 0.818. The molecule has 0 aliphatic rings. The van der Waals surface area contributed by atoms with Gasteiger partial charge in [0.1, 0.15) is 23.5 Å². The second-order valence-corrected chi connectivity index (χ2v) is 3.47. The van der Waals surface area contributed by atoms with Crippen LogP contribution in [0.3, 0.4) is 0 Å². The van der Waals surface area contributed by atoms with Crippen molar-refractivity contribution in [1.29, 1.82) is 5.26 Å². The maximum Gasteiger partial charge on any atom is 0.133 e. The molecule has 0 saturated carbocycles. The molecule has 2 nitrogen and oxygen atoms in total. The molecule has 0 radical (unpaired) electrons. The van der Waals surface area contributed by atoms with Crippen molar-refractivity contribution >= 4 is 0 Å². The second kappa shape index (κ2) is 4.22. The van der Waals surface area contributed by atoms with Gasteiger partial charge in [-0.25, -0.2) is 8.78 Å². The first-order chi connectivity index (χ1) is 8.11. The third-order valence-electron chi connectivity index (χ3n) is 2.36. The average molecular weight is 231 g/mol. The van der Waals surface area contributed by atoms with Gasteiger partial charge >= 0.3 is 0 Å². The molecular formula is C13H7F2NO. The fourth-order valence-electron chi connectivity index (χ4n) is 1.52. The van der Waals surface area contributed by atoms with Crippen LogP contribution in [-0.2, 0) is 0 Å². The summed E-state index contributed by atoms with van der Waals surface area (Å²) in [5.74, 6) is -1.54. The van der Waals surface area contributed by atoms with Crippen LogP contribution in [0.25, 0.3) is 11.1 Å². The number of nitrogens with zero attached hydrogens (tertiary/aromatic N) is 1. The maximum atomic E-state index is 13.5. The monoisotopic (exact) mass is 231 g/mol. The lowest BCUT2D eigenvalue weighted by Gasteiger charge is -2.05. The number of benzene rings is 2. The van der Waals surface area contributed by atoms with E-state index in [9.17, 15) is 13.9 Å². The smallest absolute Gasteiger partial charge is 0.133 e. The van der Waals surface area contributed by atoms with Crippen LogP contribution >= 0.6 is 0 Å². The van der Waals surface area contributed by atoms with Crippen LogP contribution in [-0.4, -0.2) is 5.11 Å². The van der Waals surface area contributed by atoms with Crippen molar-refractivity contribution in [3.8, 4) is 22.9 Å². The Bertz CT molecular complexity index is 617. The molecule has 0 amide bonds. The Hall–Kier alpha value is -2.41. The molecule has 0 atom stereocenters. The van der Waals surface area contributed by atoms with E-state index in [0.29, 0.717) is 5.56 Å². The highest BCUT2D eigenvalue weighted by Crippen LogP contribution is 2.27. The van der Waals surface area contributed by atoms with Gasteiger partial charge < -0.3 is 5.11 Å². The van der Waals surface area contributed by atoms with Crippen molar-refractivity contribution in [3.05, 3.63) is 53.6 Å². The first-order valence-corrected chi connectivity index (χ1v) is 4.80. The molecule has 2 rings (SSSR count). The summed E-state index contributed by atoms with van der Waals surface area (Å²) in [6.45, 7) is 0. The summed E-state index contributed by atoms with van der Waals surface area (Å²) in [6, 6.07) is 9.11. The number of hydrogen-bond acceptors (Lipinski definition) is 2. The fourth-order valence-corrected chi connectivity index (χ4v) is 1.52. The van der Waals surface area contributed by atoms with Gasteiger partial charge in [-0.3, -0.25) is 0 Å². The molecule has 0 aromatic heterocycles. The topological polar surface area (TPSA) is 44.0 Å². The Morgan fingerprint density at radius 2 is 1.82 bits per heavy atom. The first-order valence-electron chi connectivity index (χ1n) is 4.80. The lowest BCUT2D eigenvalue weighted by atomic mass is 10.0. The Morgan fingerprint density at radius 1 is 1.06 bits per heavy atom. The van der Waals surface area contributed by atoms with E-state index in [4.69, 9.17) is 5.26 Å². The van der Waals surface area contributed by atoms with Gasteiger partial charge in [0.2, 0.25) is 0 Å². The molecule has 0 heterocycles. The zero-order valence-corrected chi connectivity index (χ0v) is 8.61. The molecule has 17 heavy (non-hydrogen) atoms. The molecule has 0 spiro atoms. The number of halogens is 2. The molecular weight excluding hydrogens is 224 g/mol. The zero-order valence-electron chi connectivity index (χ0n) is 8.61. The molecule has 0 fully saturated rings. The van der Waals surface area contributed by atoms with Crippen LogP contribution in [0, 0.1) is 23.0 Å². The summed E-state index contributed by atoms with van der Waals surface area (Å²) in [5, 5.41) is 18.1. The molecule has 84 valence electrons. The van der Waals surface area contributed by atoms with Crippen LogP contribution in [0.2, 0.25) is 0 Å². The highest BCUT2D eigenvalue weighted by molar-refractivity contribution is 5.67. The number of nitriles is 1. The molecule has 0 aliphatic heterocycles. The summed E-state index contributed by atoms with van der Waals surface area (Å²) in [7, 11) is 0. The maximum absolute atomic E-state index is 13.5. The number of aromatic hydroxyl groups is 1. The molecule has 0 bridgehead atoms. The second-order valence-electron chi connectivity index (χ2n) is 3.47. The largest absolute Gasteiger partial charge is 0.507 e.